The number of aryl methyl sites for hydroxylation is 2. The standard InChI is InChI=1S/C14H22N4O.ClH/c1-4-5-9-16-13(15)18-14(19)17-12-10(2)7-6-8-11(12)3;/h6-8H,4-5,9H2,1-3H3,(H4,15,16,17,18,19);1H. The molecule has 20 heavy (non-hydrogen) atoms. The zero-order valence-electron chi connectivity index (χ0n) is 12.2. The van der Waals surface area contributed by atoms with Crippen LogP contribution in [0.3, 0.4) is 0 Å². The number of benzene rings is 1. The topological polar surface area (TPSA) is 79.5 Å². The third-order valence-corrected chi connectivity index (χ3v) is 2.76. The number of nitrogens with zero attached hydrogens (tertiary/aromatic N) is 1. The number of nitrogens with two attached hydrogens (primary N) is 1. The fourth-order valence-electron chi connectivity index (χ4n) is 1.67. The van der Waals surface area contributed by atoms with Crippen molar-refractivity contribution in [2.45, 2.75) is 33.6 Å². The minimum absolute atomic E-state index is 0. The molecular weight excluding hydrogens is 276 g/mol. The molecule has 0 aliphatic rings. The number of urea groups is 1. The zero-order chi connectivity index (χ0) is 14.3. The summed E-state index contributed by atoms with van der Waals surface area (Å²) < 4.78 is 0. The van der Waals surface area contributed by atoms with Gasteiger partial charge in [-0.25, -0.2) is 4.79 Å². The Morgan fingerprint density at radius 2 is 1.90 bits per heavy atom. The molecule has 0 unspecified atom stereocenters. The van der Waals surface area contributed by atoms with Crippen LogP contribution in [0.4, 0.5) is 10.5 Å². The van der Waals surface area contributed by atoms with Gasteiger partial charge in [-0.2, -0.15) is 0 Å². The molecular formula is C14H23ClN4O. The van der Waals surface area contributed by atoms with E-state index in [0.29, 0.717) is 6.54 Å². The Balaban J connectivity index is 0.00000361. The molecule has 0 aliphatic carbocycles. The number of hydrogen-bond donors (Lipinski definition) is 3. The molecule has 0 spiro atoms. The summed E-state index contributed by atoms with van der Waals surface area (Å²) in [4.78, 5) is 15.8. The fraction of sp³-hybridized carbons (Fsp3) is 0.429. The normalized spacial score (nSPS) is 10.7. The molecule has 0 radical (unpaired) electrons. The van der Waals surface area contributed by atoms with Crippen molar-refractivity contribution in [3.8, 4) is 0 Å². The molecule has 1 aromatic rings. The van der Waals surface area contributed by atoms with E-state index in [0.717, 1.165) is 29.7 Å². The van der Waals surface area contributed by atoms with Crippen LogP contribution in [0.25, 0.3) is 0 Å². The quantitative estimate of drug-likeness (QED) is 0.454. The second kappa shape index (κ2) is 9.20. The zero-order valence-corrected chi connectivity index (χ0v) is 13.0. The maximum absolute atomic E-state index is 11.8. The third-order valence-electron chi connectivity index (χ3n) is 2.76. The van der Waals surface area contributed by atoms with Gasteiger partial charge in [-0.3, -0.25) is 10.3 Å². The van der Waals surface area contributed by atoms with Gasteiger partial charge in [0.15, 0.2) is 5.96 Å². The third kappa shape index (κ3) is 5.93. The van der Waals surface area contributed by atoms with Crippen molar-refractivity contribution in [3.63, 3.8) is 0 Å². The van der Waals surface area contributed by atoms with E-state index < -0.39 is 0 Å². The lowest BCUT2D eigenvalue weighted by atomic mass is 10.1. The van der Waals surface area contributed by atoms with Gasteiger partial charge in [-0.1, -0.05) is 31.5 Å². The van der Waals surface area contributed by atoms with Crippen LogP contribution in [0, 0.1) is 13.8 Å². The van der Waals surface area contributed by atoms with Crippen molar-refractivity contribution < 1.29 is 4.79 Å². The number of hydrogen-bond acceptors (Lipinski definition) is 2. The number of guanidine groups is 1. The molecule has 0 heterocycles. The first kappa shape index (κ1) is 18.2. The van der Waals surface area contributed by atoms with Gasteiger partial charge in [0.1, 0.15) is 0 Å². The number of para-hydroxylation sites is 1. The minimum Gasteiger partial charge on any atom is -0.370 e. The predicted molar refractivity (Wildman–Crippen MR) is 86.7 cm³/mol. The molecule has 0 atom stereocenters. The number of nitrogens with one attached hydrogen (secondary N) is 2. The number of aliphatic imine (C=N–C) groups is 1. The van der Waals surface area contributed by atoms with Crippen molar-refractivity contribution in [3.05, 3.63) is 29.3 Å². The smallest absolute Gasteiger partial charge is 0.326 e. The number of amides is 2. The molecule has 0 fully saturated rings. The van der Waals surface area contributed by atoms with Crippen LogP contribution in [0.1, 0.15) is 30.9 Å². The highest BCUT2D eigenvalue weighted by Crippen LogP contribution is 2.18. The fourth-order valence-corrected chi connectivity index (χ4v) is 1.67. The highest BCUT2D eigenvalue weighted by atomic mass is 35.5. The van der Waals surface area contributed by atoms with Crippen molar-refractivity contribution in [2.24, 2.45) is 10.7 Å². The minimum atomic E-state index is -0.366. The summed E-state index contributed by atoms with van der Waals surface area (Å²) in [6.45, 7) is 6.60. The maximum Gasteiger partial charge on any atom is 0.326 e. The van der Waals surface area contributed by atoms with Crippen LogP contribution in [-0.2, 0) is 0 Å². The Morgan fingerprint density at radius 3 is 2.45 bits per heavy atom. The molecule has 6 heteroatoms. The Bertz CT molecular complexity index is 454. The summed E-state index contributed by atoms with van der Waals surface area (Å²) in [5.74, 6) is 0.150. The molecule has 2 amide bonds. The second-order valence-corrected chi connectivity index (χ2v) is 4.47. The van der Waals surface area contributed by atoms with Gasteiger partial charge in [0.25, 0.3) is 0 Å². The highest BCUT2D eigenvalue weighted by molar-refractivity contribution is 6.02. The van der Waals surface area contributed by atoms with E-state index in [1.165, 1.54) is 0 Å². The van der Waals surface area contributed by atoms with E-state index in [1.54, 1.807) is 0 Å². The average Bonchev–Trinajstić information content (AvgIpc) is 2.34. The van der Waals surface area contributed by atoms with Gasteiger partial charge in [0, 0.05) is 12.2 Å². The number of carbonyl (C=O) groups is 1. The van der Waals surface area contributed by atoms with Crippen molar-refractivity contribution >= 4 is 30.1 Å². The van der Waals surface area contributed by atoms with Crippen LogP contribution >= 0.6 is 12.4 Å². The molecule has 0 bridgehead atoms. The van der Waals surface area contributed by atoms with Gasteiger partial charge in [0.2, 0.25) is 0 Å². The molecule has 0 saturated carbocycles. The van der Waals surface area contributed by atoms with Crippen molar-refractivity contribution in [1.82, 2.24) is 5.32 Å². The predicted octanol–water partition coefficient (Wildman–Crippen LogP) is 2.96. The first-order chi connectivity index (χ1) is 9.04. The lowest BCUT2D eigenvalue weighted by Gasteiger charge is -2.12. The molecule has 0 aliphatic heterocycles. The van der Waals surface area contributed by atoms with Crippen LogP contribution in [0.15, 0.2) is 23.2 Å². The monoisotopic (exact) mass is 298 g/mol. The molecule has 4 N–H and O–H groups in total. The summed E-state index contributed by atoms with van der Waals surface area (Å²) in [6.07, 6.45) is 2.01. The summed E-state index contributed by atoms with van der Waals surface area (Å²) in [5, 5.41) is 5.31. The van der Waals surface area contributed by atoms with Gasteiger partial charge >= 0.3 is 6.03 Å². The van der Waals surface area contributed by atoms with E-state index in [2.05, 4.69) is 22.5 Å². The number of rotatable bonds is 4. The van der Waals surface area contributed by atoms with Crippen LogP contribution < -0.4 is 16.4 Å². The van der Waals surface area contributed by atoms with E-state index in [4.69, 9.17) is 5.73 Å². The SMILES string of the molecule is CCCCN=C(N)NC(=O)Nc1c(C)cccc1C.Cl. The second-order valence-electron chi connectivity index (χ2n) is 4.47. The first-order valence-corrected chi connectivity index (χ1v) is 6.48. The number of anilines is 1. The molecule has 1 rings (SSSR count). The molecule has 112 valence electrons. The first-order valence-electron chi connectivity index (χ1n) is 6.48. The number of halogens is 1. The average molecular weight is 299 g/mol. The van der Waals surface area contributed by atoms with Crippen LogP contribution in [0.5, 0.6) is 0 Å². The maximum atomic E-state index is 11.8. The van der Waals surface area contributed by atoms with Gasteiger partial charge < -0.3 is 11.1 Å². The van der Waals surface area contributed by atoms with Gasteiger partial charge in [-0.05, 0) is 31.4 Å². The van der Waals surface area contributed by atoms with Gasteiger partial charge in [-0.15, -0.1) is 12.4 Å². The van der Waals surface area contributed by atoms with Crippen LogP contribution in [-0.4, -0.2) is 18.5 Å². The van der Waals surface area contributed by atoms with Crippen molar-refractivity contribution in [1.29, 1.82) is 0 Å². The Labute approximate surface area is 126 Å². The van der Waals surface area contributed by atoms with E-state index >= 15 is 0 Å². The Kier molecular flexibility index (Phi) is 8.40. The molecule has 0 aromatic heterocycles. The summed E-state index contributed by atoms with van der Waals surface area (Å²) in [7, 11) is 0. The highest BCUT2D eigenvalue weighted by Gasteiger charge is 2.07. The summed E-state index contributed by atoms with van der Waals surface area (Å²) in [6, 6.07) is 5.48. The lowest BCUT2D eigenvalue weighted by molar-refractivity contribution is 0.256. The van der Waals surface area contributed by atoms with E-state index in [9.17, 15) is 4.79 Å². The Morgan fingerprint density at radius 1 is 1.30 bits per heavy atom. The van der Waals surface area contributed by atoms with Crippen molar-refractivity contribution in [2.75, 3.05) is 11.9 Å². The summed E-state index contributed by atoms with van der Waals surface area (Å²) >= 11 is 0. The lowest BCUT2D eigenvalue weighted by Crippen LogP contribution is -2.40. The molecule has 1 aromatic carbocycles. The molecule has 0 saturated heterocycles. The molecule has 5 nitrogen and oxygen atoms in total. The number of unbranched alkanes of at least 4 members (excludes halogenated alkanes) is 1. The van der Waals surface area contributed by atoms with E-state index in [1.807, 2.05) is 32.0 Å². The summed E-state index contributed by atoms with van der Waals surface area (Å²) in [5.41, 5.74) is 8.45. The largest absolute Gasteiger partial charge is 0.370 e. The Hall–Kier alpha value is -1.75. The van der Waals surface area contributed by atoms with Crippen LogP contribution in [0.2, 0.25) is 0 Å². The number of carbonyl (C=O) groups excluding carboxylic acids is 1. The van der Waals surface area contributed by atoms with E-state index in [-0.39, 0.29) is 24.4 Å². The van der Waals surface area contributed by atoms with Gasteiger partial charge in [0.05, 0.1) is 0 Å².